The monoisotopic (exact) mass is 378 g/mol. The average Bonchev–Trinajstić information content (AvgIpc) is 2.96. The van der Waals surface area contributed by atoms with Gasteiger partial charge in [-0.25, -0.2) is 8.42 Å². The third-order valence-corrected chi connectivity index (χ3v) is 5.64. The second-order valence-electron chi connectivity index (χ2n) is 6.01. The third kappa shape index (κ3) is 3.09. The summed E-state index contributed by atoms with van der Waals surface area (Å²) in [7, 11) is -3.95. The number of fused-ring (bicyclic) bond motifs is 1. The van der Waals surface area contributed by atoms with E-state index in [-0.39, 0.29) is 16.0 Å². The first-order chi connectivity index (χ1) is 13.0. The predicted octanol–water partition coefficient (Wildman–Crippen LogP) is 3.04. The number of rotatable bonds is 4. The van der Waals surface area contributed by atoms with Gasteiger partial charge < -0.3 is 0 Å². The van der Waals surface area contributed by atoms with E-state index in [0.29, 0.717) is 5.69 Å². The Balaban J connectivity index is 1.73. The van der Waals surface area contributed by atoms with E-state index in [0.717, 1.165) is 11.1 Å². The van der Waals surface area contributed by atoms with E-state index in [1.165, 1.54) is 18.2 Å². The minimum absolute atomic E-state index is 0.0548. The molecule has 0 aliphatic carbocycles. The molecule has 3 aromatic rings. The lowest BCUT2D eigenvalue weighted by Gasteiger charge is -2.13. The molecule has 6 nitrogen and oxygen atoms in total. The molecule has 2 amide bonds. The number of nitrogens with one attached hydrogen (secondary N) is 2. The van der Waals surface area contributed by atoms with Crippen molar-refractivity contribution in [3.05, 3.63) is 83.9 Å². The van der Waals surface area contributed by atoms with Gasteiger partial charge in [0.05, 0.1) is 21.7 Å². The first kappa shape index (κ1) is 17.0. The van der Waals surface area contributed by atoms with Crippen molar-refractivity contribution in [2.45, 2.75) is 4.90 Å². The zero-order valence-corrected chi connectivity index (χ0v) is 14.8. The molecule has 0 spiro atoms. The van der Waals surface area contributed by atoms with Crippen molar-refractivity contribution in [2.24, 2.45) is 0 Å². The Hall–Kier alpha value is -3.45. The van der Waals surface area contributed by atoms with E-state index < -0.39 is 21.8 Å². The maximum atomic E-state index is 12.8. The molecule has 0 saturated carbocycles. The Morgan fingerprint density at radius 2 is 1.37 bits per heavy atom. The zero-order valence-electron chi connectivity index (χ0n) is 14.0. The molecular formula is C20H14N2O4S. The van der Waals surface area contributed by atoms with Gasteiger partial charge in [-0.2, -0.15) is 0 Å². The fourth-order valence-corrected chi connectivity index (χ4v) is 4.06. The van der Waals surface area contributed by atoms with Gasteiger partial charge in [0.1, 0.15) is 0 Å². The molecule has 1 heterocycles. The van der Waals surface area contributed by atoms with Gasteiger partial charge in [0.2, 0.25) is 0 Å². The largest absolute Gasteiger partial charge is 0.288 e. The first-order valence-electron chi connectivity index (χ1n) is 8.13. The Morgan fingerprint density at radius 3 is 2.15 bits per heavy atom. The highest BCUT2D eigenvalue weighted by molar-refractivity contribution is 7.92. The molecular weight excluding hydrogens is 364 g/mol. The van der Waals surface area contributed by atoms with Crippen LogP contribution in [0.1, 0.15) is 20.7 Å². The second-order valence-corrected chi connectivity index (χ2v) is 7.69. The molecule has 1 aliphatic rings. The van der Waals surface area contributed by atoms with Crippen molar-refractivity contribution in [2.75, 3.05) is 4.72 Å². The quantitative estimate of drug-likeness (QED) is 0.683. The Kier molecular flexibility index (Phi) is 4.01. The van der Waals surface area contributed by atoms with Crippen molar-refractivity contribution in [1.82, 2.24) is 5.32 Å². The van der Waals surface area contributed by atoms with Crippen LogP contribution in [0.15, 0.2) is 77.7 Å². The number of imide groups is 1. The van der Waals surface area contributed by atoms with Crippen molar-refractivity contribution in [1.29, 1.82) is 0 Å². The fourth-order valence-electron chi connectivity index (χ4n) is 2.96. The van der Waals surface area contributed by atoms with Crippen LogP contribution in [0.3, 0.4) is 0 Å². The number of hydrogen-bond donors (Lipinski definition) is 2. The number of sulfonamides is 1. The van der Waals surface area contributed by atoms with Crippen LogP contribution in [0, 0.1) is 0 Å². The molecule has 4 rings (SSSR count). The van der Waals surface area contributed by atoms with Crippen LogP contribution in [-0.2, 0) is 10.0 Å². The molecule has 7 heteroatoms. The SMILES string of the molecule is O=C1NC(=O)c2cc(S(=O)(=O)Nc3ccccc3-c3ccccc3)ccc21. The summed E-state index contributed by atoms with van der Waals surface area (Å²) in [6, 6.07) is 20.3. The zero-order chi connectivity index (χ0) is 19.0. The van der Waals surface area contributed by atoms with E-state index in [4.69, 9.17) is 0 Å². The van der Waals surface area contributed by atoms with Crippen LogP contribution in [0.4, 0.5) is 5.69 Å². The van der Waals surface area contributed by atoms with E-state index >= 15 is 0 Å². The van der Waals surface area contributed by atoms with E-state index in [1.807, 2.05) is 42.5 Å². The summed E-state index contributed by atoms with van der Waals surface area (Å²) in [6.45, 7) is 0. The lowest BCUT2D eigenvalue weighted by atomic mass is 10.0. The Bertz CT molecular complexity index is 1170. The maximum Gasteiger partial charge on any atom is 0.261 e. The van der Waals surface area contributed by atoms with Gasteiger partial charge in [0, 0.05) is 5.56 Å². The molecule has 0 fully saturated rings. The van der Waals surface area contributed by atoms with E-state index in [9.17, 15) is 18.0 Å². The summed E-state index contributed by atoms with van der Waals surface area (Å²) in [5.41, 5.74) is 2.25. The van der Waals surface area contributed by atoms with Crippen molar-refractivity contribution in [3.8, 4) is 11.1 Å². The van der Waals surface area contributed by atoms with Gasteiger partial charge in [-0.15, -0.1) is 0 Å². The second kappa shape index (κ2) is 6.37. The molecule has 0 unspecified atom stereocenters. The molecule has 2 N–H and O–H groups in total. The van der Waals surface area contributed by atoms with Crippen LogP contribution in [0.25, 0.3) is 11.1 Å². The Labute approximate surface area is 155 Å². The topological polar surface area (TPSA) is 92.3 Å². The summed E-state index contributed by atoms with van der Waals surface area (Å²) >= 11 is 0. The molecule has 134 valence electrons. The molecule has 0 atom stereocenters. The average molecular weight is 378 g/mol. The van der Waals surface area contributed by atoms with Crippen LogP contribution in [0.2, 0.25) is 0 Å². The minimum Gasteiger partial charge on any atom is -0.288 e. The molecule has 0 bridgehead atoms. The molecule has 1 aliphatic heterocycles. The molecule has 27 heavy (non-hydrogen) atoms. The lowest BCUT2D eigenvalue weighted by molar-refractivity contribution is 0.0879. The number of carbonyl (C=O) groups excluding carboxylic acids is 2. The van der Waals surface area contributed by atoms with Gasteiger partial charge in [-0.1, -0.05) is 48.5 Å². The molecule has 0 radical (unpaired) electrons. The maximum absolute atomic E-state index is 12.8. The van der Waals surface area contributed by atoms with Crippen LogP contribution in [-0.4, -0.2) is 20.2 Å². The molecule has 0 saturated heterocycles. The fraction of sp³-hybridized carbons (Fsp3) is 0. The summed E-state index contributed by atoms with van der Waals surface area (Å²) in [5, 5.41) is 2.15. The highest BCUT2D eigenvalue weighted by atomic mass is 32.2. The summed E-state index contributed by atoms with van der Waals surface area (Å²) in [4.78, 5) is 23.3. The van der Waals surface area contributed by atoms with Crippen molar-refractivity contribution in [3.63, 3.8) is 0 Å². The van der Waals surface area contributed by atoms with Crippen LogP contribution in [0.5, 0.6) is 0 Å². The minimum atomic E-state index is -3.95. The van der Waals surface area contributed by atoms with Gasteiger partial charge in [0.25, 0.3) is 21.8 Å². The predicted molar refractivity (Wildman–Crippen MR) is 101 cm³/mol. The number of amides is 2. The number of carbonyl (C=O) groups is 2. The molecule has 3 aromatic carbocycles. The summed E-state index contributed by atoms with van der Waals surface area (Å²) < 4.78 is 28.3. The first-order valence-corrected chi connectivity index (χ1v) is 9.61. The summed E-state index contributed by atoms with van der Waals surface area (Å²) in [6.07, 6.45) is 0. The molecule has 0 aromatic heterocycles. The Morgan fingerprint density at radius 1 is 0.704 bits per heavy atom. The van der Waals surface area contributed by atoms with Crippen molar-refractivity contribution < 1.29 is 18.0 Å². The van der Waals surface area contributed by atoms with Gasteiger partial charge in [0.15, 0.2) is 0 Å². The van der Waals surface area contributed by atoms with E-state index in [2.05, 4.69) is 10.0 Å². The van der Waals surface area contributed by atoms with Gasteiger partial charge in [-0.05, 0) is 29.8 Å². The smallest absolute Gasteiger partial charge is 0.261 e. The normalized spacial score (nSPS) is 13.2. The number of anilines is 1. The standard InChI is InChI=1S/C20H14N2O4S/c23-19-16-11-10-14(12-17(16)20(24)21-19)27(25,26)22-18-9-5-4-8-15(18)13-6-2-1-3-7-13/h1-12,22H,(H,21,23,24). The number of benzene rings is 3. The summed E-state index contributed by atoms with van der Waals surface area (Å²) in [5.74, 6) is -1.13. The van der Waals surface area contributed by atoms with E-state index in [1.54, 1.807) is 12.1 Å². The van der Waals surface area contributed by atoms with Crippen molar-refractivity contribution >= 4 is 27.5 Å². The van der Waals surface area contributed by atoms with Crippen LogP contribution < -0.4 is 10.0 Å². The van der Waals surface area contributed by atoms with Gasteiger partial charge in [-0.3, -0.25) is 19.6 Å². The number of hydrogen-bond acceptors (Lipinski definition) is 4. The lowest BCUT2D eigenvalue weighted by Crippen LogP contribution is -2.20. The highest BCUT2D eigenvalue weighted by Gasteiger charge is 2.29. The highest BCUT2D eigenvalue weighted by Crippen LogP contribution is 2.30. The third-order valence-electron chi connectivity index (χ3n) is 4.27. The van der Waals surface area contributed by atoms with Crippen LogP contribution >= 0.6 is 0 Å². The van der Waals surface area contributed by atoms with Gasteiger partial charge >= 0.3 is 0 Å². The number of para-hydroxylation sites is 1.